The minimum atomic E-state index is -0.331. The number of hydrazone groups is 1. The fourth-order valence-electron chi connectivity index (χ4n) is 4.34. The fourth-order valence-corrected chi connectivity index (χ4v) is 4.34. The van der Waals surface area contributed by atoms with E-state index in [-0.39, 0.29) is 18.1 Å². The number of para-hydroxylation sites is 1. The molecule has 2 heterocycles. The smallest absolute Gasteiger partial charge is 0.213 e. The van der Waals surface area contributed by atoms with Crippen LogP contribution in [0.5, 0.6) is 11.5 Å². The molecule has 0 aromatic heterocycles. The molecular weight excluding hydrogens is 403 g/mol. The Morgan fingerprint density at radius 2 is 1.78 bits per heavy atom. The number of nitrogens with zero attached hydrogens (tertiary/aromatic N) is 2. The van der Waals surface area contributed by atoms with Crippen LogP contribution < -0.4 is 9.47 Å². The Morgan fingerprint density at radius 1 is 1.00 bits per heavy atom. The molecule has 32 heavy (non-hydrogen) atoms. The van der Waals surface area contributed by atoms with Gasteiger partial charge in [0.1, 0.15) is 17.3 Å². The zero-order valence-electron chi connectivity index (χ0n) is 18.2. The van der Waals surface area contributed by atoms with Crippen LogP contribution in [0, 0.1) is 5.82 Å². The molecule has 0 bridgehead atoms. The normalized spacial score (nSPS) is 19.1. The number of ether oxygens (including phenoxy) is 2. The highest BCUT2D eigenvalue weighted by Crippen LogP contribution is 2.47. The number of hydrogen-bond acceptors (Lipinski definition) is 4. The van der Waals surface area contributed by atoms with Crippen LogP contribution in [0.3, 0.4) is 0 Å². The maximum absolute atomic E-state index is 13.4. The third kappa shape index (κ3) is 4.07. The van der Waals surface area contributed by atoms with E-state index in [0.717, 1.165) is 53.3 Å². The summed E-state index contributed by atoms with van der Waals surface area (Å²) >= 11 is 0. The predicted molar refractivity (Wildman–Crippen MR) is 123 cm³/mol. The maximum Gasteiger partial charge on any atom is 0.213 e. The molecule has 5 heteroatoms. The third-order valence-electron chi connectivity index (χ3n) is 6.06. The van der Waals surface area contributed by atoms with Gasteiger partial charge in [-0.2, -0.15) is 5.10 Å². The molecule has 2 atom stereocenters. The van der Waals surface area contributed by atoms with Gasteiger partial charge in [0.25, 0.3) is 0 Å². The van der Waals surface area contributed by atoms with Gasteiger partial charge in [-0.05, 0) is 54.4 Å². The lowest BCUT2D eigenvalue weighted by atomic mass is 9.96. The fraction of sp³-hybridized carbons (Fsp3) is 0.296. The topological polar surface area (TPSA) is 34.1 Å². The zero-order valence-corrected chi connectivity index (χ0v) is 18.2. The number of benzene rings is 3. The molecular formula is C27H27FN2O2. The van der Waals surface area contributed by atoms with Gasteiger partial charge in [-0.15, -0.1) is 0 Å². The van der Waals surface area contributed by atoms with Crippen LogP contribution in [-0.4, -0.2) is 17.3 Å². The van der Waals surface area contributed by atoms with E-state index in [1.807, 2.05) is 35.3 Å². The molecule has 0 radical (unpaired) electrons. The van der Waals surface area contributed by atoms with E-state index in [2.05, 4.69) is 25.1 Å². The highest BCUT2D eigenvalue weighted by atomic mass is 19.1. The summed E-state index contributed by atoms with van der Waals surface area (Å²) in [5.74, 6) is 1.51. The number of hydrogen-bond donors (Lipinski definition) is 0. The first-order valence-electron chi connectivity index (χ1n) is 11.3. The Kier molecular flexibility index (Phi) is 5.80. The van der Waals surface area contributed by atoms with Gasteiger partial charge in [0.2, 0.25) is 6.23 Å². The van der Waals surface area contributed by atoms with Gasteiger partial charge < -0.3 is 9.47 Å². The van der Waals surface area contributed by atoms with Crippen molar-refractivity contribution in [1.29, 1.82) is 0 Å². The van der Waals surface area contributed by atoms with Crippen LogP contribution in [0.1, 0.15) is 61.6 Å². The van der Waals surface area contributed by atoms with Crippen molar-refractivity contribution in [2.75, 3.05) is 6.61 Å². The molecule has 0 fully saturated rings. The lowest BCUT2D eigenvalue weighted by molar-refractivity contribution is -0.0190. The van der Waals surface area contributed by atoms with Crippen LogP contribution >= 0.6 is 0 Å². The highest BCUT2D eigenvalue weighted by molar-refractivity contribution is 6.01. The molecule has 2 aliphatic rings. The summed E-state index contributed by atoms with van der Waals surface area (Å²) in [6, 6.07) is 22.9. The molecule has 0 saturated carbocycles. The SMILES string of the molecule is CCCCCOc1ccc([C@H]2Oc3ccccc3[C@H]3CC(c4ccc(F)cc4)=NN32)cc1. The van der Waals surface area contributed by atoms with Gasteiger partial charge >= 0.3 is 0 Å². The van der Waals surface area contributed by atoms with Crippen molar-refractivity contribution >= 4 is 5.71 Å². The van der Waals surface area contributed by atoms with Gasteiger partial charge in [-0.25, -0.2) is 9.40 Å². The van der Waals surface area contributed by atoms with Crippen LogP contribution in [0.15, 0.2) is 77.9 Å². The predicted octanol–water partition coefficient (Wildman–Crippen LogP) is 6.64. The van der Waals surface area contributed by atoms with E-state index in [4.69, 9.17) is 14.6 Å². The van der Waals surface area contributed by atoms with E-state index in [9.17, 15) is 4.39 Å². The molecule has 0 amide bonds. The molecule has 0 saturated heterocycles. The van der Waals surface area contributed by atoms with Gasteiger partial charge in [0, 0.05) is 17.5 Å². The Balaban J connectivity index is 1.42. The molecule has 164 valence electrons. The molecule has 0 unspecified atom stereocenters. The summed E-state index contributed by atoms with van der Waals surface area (Å²) in [5.41, 5.74) is 4.03. The van der Waals surface area contributed by atoms with E-state index in [1.165, 1.54) is 25.0 Å². The third-order valence-corrected chi connectivity index (χ3v) is 6.06. The first-order chi connectivity index (χ1) is 15.7. The van der Waals surface area contributed by atoms with Crippen LogP contribution in [0.25, 0.3) is 0 Å². The summed E-state index contributed by atoms with van der Waals surface area (Å²) < 4.78 is 25.7. The Bertz CT molecular complexity index is 1100. The van der Waals surface area contributed by atoms with Crippen molar-refractivity contribution in [3.8, 4) is 11.5 Å². The number of fused-ring (bicyclic) bond motifs is 3. The van der Waals surface area contributed by atoms with Crippen LogP contribution in [0.4, 0.5) is 4.39 Å². The molecule has 4 nitrogen and oxygen atoms in total. The summed E-state index contributed by atoms with van der Waals surface area (Å²) in [4.78, 5) is 0. The van der Waals surface area contributed by atoms with Crippen molar-refractivity contribution in [3.63, 3.8) is 0 Å². The van der Waals surface area contributed by atoms with E-state index in [0.29, 0.717) is 0 Å². The second kappa shape index (κ2) is 9.03. The van der Waals surface area contributed by atoms with Crippen molar-refractivity contribution in [2.24, 2.45) is 5.10 Å². The Labute approximate surface area is 188 Å². The van der Waals surface area contributed by atoms with Crippen molar-refractivity contribution in [3.05, 3.63) is 95.3 Å². The van der Waals surface area contributed by atoms with Crippen molar-refractivity contribution < 1.29 is 13.9 Å². The van der Waals surface area contributed by atoms with Gasteiger partial charge in [-0.1, -0.05) is 50.1 Å². The number of halogens is 1. The standard InChI is InChI=1S/C27H27FN2O2/c1-2-3-6-17-31-22-15-11-20(12-16-22)27-30-25(23-7-4-5-8-26(23)32-27)18-24(29-30)19-9-13-21(28)14-10-19/h4-5,7-16,25,27H,2-3,6,17-18H2,1H3/t25-,27-/m1/s1. The lowest BCUT2D eigenvalue weighted by Gasteiger charge is -2.38. The largest absolute Gasteiger partial charge is 0.494 e. The van der Waals surface area contributed by atoms with Crippen molar-refractivity contribution in [1.82, 2.24) is 5.01 Å². The first kappa shape index (κ1) is 20.6. The van der Waals surface area contributed by atoms with E-state index < -0.39 is 0 Å². The quantitative estimate of drug-likeness (QED) is 0.394. The molecule has 0 aliphatic carbocycles. The molecule has 0 spiro atoms. The molecule has 3 aromatic carbocycles. The number of unbranched alkanes of at least 4 members (excludes halogenated alkanes) is 2. The maximum atomic E-state index is 13.4. The summed E-state index contributed by atoms with van der Waals surface area (Å²) in [5, 5.41) is 6.97. The zero-order chi connectivity index (χ0) is 21.9. The van der Waals surface area contributed by atoms with Gasteiger partial charge in [-0.3, -0.25) is 0 Å². The average molecular weight is 431 g/mol. The lowest BCUT2D eigenvalue weighted by Crippen LogP contribution is -2.33. The van der Waals surface area contributed by atoms with E-state index in [1.54, 1.807) is 12.1 Å². The minimum absolute atomic E-state index is 0.0787. The second-order valence-electron chi connectivity index (χ2n) is 8.29. The summed E-state index contributed by atoms with van der Waals surface area (Å²) in [6.07, 6.45) is 3.85. The summed E-state index contributed by atoms with van der Waals surface area (Å²) in [6.45, 7) is 2.92. The minimum Gasteiger partial charge on any atom is -0.494 e. The van der Waals surface area contributed by atoms with Crippen molar-refractivity contribution in [2.45, 2.75) is 44.9 Å². The molecule has 0 N–H and O–H groups in total. The highest BCUT2D eigenvalue weighted by Gasteiger charge is 2.40. The number of rotatable bonds is 7. The van der Waals surface area contributed by atoms with Gasteiger partial charge in [0.05, 0.1) is 18.4 Å². The Morgan fingerprint density at radius 3 is 2.56 bits per heavy atom. The monoisotopic (exact) mass is 430 g/mol. The molecule has 3 aromatic rings. The second-order valence-corrected chi connectivity index (χ2v) is 8.29. The molecule has 2 aliphatic heterocycles. The Hall–Kier alpha value is -3.34. The van der Waals surface area contributed by atoms with Gasteiger partial charge in [0.15, 0.2) is 0 Å². The molecule has 5 rings (SSSR count). The van der Waals surface area contributed by atoms with E-state index >= 15 is 0 Å². The van der Waals surface area contributed by atoms with Crippen LogP contribution in [0.2, 0.25) is 0 Å². The van der Waals surface area contributed by atoms with Crippen LogP contribution in [-0.2, 0) is 0 Å². The summed E-state index contributed by atoms with van der Waals surface area (Å²) in [7, 11) is 0. The first-order valence-corrected chi connectivity index (χ1v) is 11.3. The average Bonchev–Trinajstić information content (AvgIpc) is 3.28.